The van der Waals surface area contributed by atoms with E-state index in [-0.39, 0.29) is 5.91 Å². The summed E-state index contributed by atoms with van der Waals surface area (Å²) in [6.07, 6.45) is 5.13. The predicted octanol–water partition coefficient (Wildman–Crippen LogP) is 3.48. The Kier molecular flexibility index (Phi) is 7.39. The number of hydrogen-bond donors (Lipinski definition) is 2. The van der Waals surface area contributed by atoms with Gasteiger partial charge in [0.15, 0.2) is 0 Å². The van der Waals surface area contributed by atoms with Gasteiger partial charge in [-0.2, -0.15) is 0 Å². The summed E-state index contributed by atoms with van der Waals surface area (Å²) in [4.78, 5) is 11.2. The molecule has 1 rings (SSSR count). The van der Waals surface area contributed by atoms with E-state index in [9.17, 15) is 4.79 Å². The molecule has 0 aromatic rings. The van der Waals surface area contributed by atoms with E-state index in [1.807, 2.05) is 21.6 Å². The van der Waals surface area contributed by atoms with Crippen molar-refractivity contribution in [2.45, 2.75) is 51.2 Å². The molecule has 5 heteroatoms. The molecule has 0 radical (unpaired) electrons. The van der Waals surface area contributed by atoms with Crippen molar-refractivity contribution in [3.05, 3.63) is 0 Å². The molecule has 1 unspecified atom stereocenters. The molecule has 0 bridgehead atoms. The Morgan fingerprint density at radius 1 is 1.53 bits per heavy atom. The lowest BCUT2D eigenvalue weighted by molar-refractivity contribution is -0.130. The highest BCUT2D eigenvalue weighted by Gasteiger charge is 2.20. The quantitative estimate of drug-likeness (QED) is 0.425. The maximum Gasteiger partial charge on any atom is 0.243 e. The number of carbonyl (C=O) groups excluding carboxylic acids is 1. The van der Waals surface area contributed by atoms with E-state index < -0.39 is 0 Å². The molecule has 1 aliphatic rings. The van der Waals surface area contributed by atoms with Crippen LogP contribution in [0.5, 0.6) is 0 Å². The molecule has 0 aromatic heterocycles. The molecule has 2 atom stereocenters. The number of carbonyl (C=O) groups is 1. The lowest BCUT2D eigenvalue weighted by Crippen LogP contribution is -2.23. The van der Waals surface area contributed by atoms with E-state index in [1.54, 1.807) is 5.48 Å². The summed E-state index contributed by atoms with van der Waals surface area (Å²) in [6.45, 7) is 4.37. The highest BCUT2D eigenvalue weighted by molar-refractivity contribution is 8.77. The second-order valence-electron chi connectivity index (χ2n) is 5.14. The van der Waals surface area contributed by atoms with E-state index in [0.717, 1.165) is 18.1 Å². The summed E-state index contributed by atoms with van der Waals surface area (Å²) in [5.74, 6) is 2.04. The normalized spacial score (nSPS) is 21.8. The summed E-state index contributed by atoms with van der Waals surface area (Å²) in [6, 6.07) is 0. The first-order valence-corrected chi connectivity index (χ1v) is 8.71. The largest absolute Gasteiger partial charge is 0.289 e. The van der Waals surface area contributed by atoms with Crippen molar-refractivity contribution in [1.29, 1.82) is 0 Å². The highest BCUT2D eigenvalue weighted by Crippen LogP contribution is 2.40. The Labute approximate surface area is 112 Å². The van der Waals surface area contributed by atoms with Crippen LogP contribution in [-0.4, -0.2) is 22.1 Å². The van der Waals surface area contributed by atoms with E-state index >= 15 is 0 Å². The summed E-state index contributed by atoms with van der Waals surface area (Å²) in [5.41, 5.74) is 1.75. The van der Waals surface area contributed by atoms with Gasteiger partial charge < -0.3 is 0 Å². The van der Waals surface area contributed by atoms with Gasteiger partial charge in [0.1, 0.15) is 0 Å². The van der Waals surface area contributed by atoms with Crippen molar-refractivity contribution in [1.82, 2.24) is 5.48 Å². The number of hydrogen-bond acceptors (Lipinski definition) is 4. The molecule has 1 fully saturated rings. The lowest BCUT2D eigenvalue weighted by atomic mass is 9.89. The SMILES string of the molecule is CC(C)C[C@@H](CCC1CCSS1)CC(=O)NO. The first-order valence-electron chi connectivity index (χ1n) is 6.33. The summed E-state index contributed by atoms with van der Waals surface area (Å²) < 4.78 is 0. The molecule has 1 amide bonds. The lowest BCUT2D eigenvalue weighted by Gasteiger charge is -2.19. The van der Waals surface area contributed by atoms with Crippen molar-refractivity contribution in [3.63, 3.8) is 0 Å². The van der Waals surface area contributed by atoms with Crippen LogP contribution in [0.3, 0.4) is 0 Å². The van der Waals surface area contributed by atoms with Gasteiger partial charge in [0.2, 0.25) is 5.91 Å². The number of nitrogens with one attached hydrogen (secondary N) is 1. The Morgan fingerprint density at radius 2 is 2.29 bits per heavy atom. The predicted molar refractivity (Wildman–Crippen MR) is 75.2 cm³/mol. The van der Waals surface area contributed by atoms with Crippen molar-refractivity contribution in [3.8, 4) is 0 Å². The Hall–Kier alpha value is 0.130. The molecule has 100 valence electrons. The zero-order valence-electron chi connectivity index (χ0n) is 10.6. The van der Waals surface area contributed by atoms with Gasteiger partial charge in [0.05, 0.1) is 0 Å². The third-order valence-corrected chi connectivity index (χ3v) is 6.03. The summed E-state index contributed by atoms with van der Waals surface area (Å²) in [7, 11) is 3.96. The minimum Gasteiger partial charge on any atom is -0.289 e. The van der Waals surface area contributed by atoms with Crippen LogP contribution in [0.25, 0.3) is 0 Å². The highest BCUT2D eigenvalue weighted by atomic mass is 33.1. The summed E-state index contributed by atoms with van der Waals surface area (Å²) in [5, 5.41) is 9.36. The average Bonchev–Trinajstić information content (AvgIpc) is 2.77. The smallest absolute Gasteiger partial charge is 0.243 e. The van der Waals surface area contributed by atoms with Gasteiger partial charge in [-0.3, -0.25) is 10.0 Å². The molecule has 17 heavy (non-hydrogen) atoms. The number of hydroxylamine groups is 1. The molecule has 0 spiro atoms. The van der Waals surface area contributed by atoms with Crippen molar-refractivity contribution in [2.24, 2.45) is 11.8 Å². The van der Waals surface area contributed by atoms with E-state index in [4.69, 9.17) is 5.21 Å². The van der Waals surface area contributed by atoms with Gasteiger partial charge >= 0.3 is 0 Å². The Balaban J connectivity index is 2.30. The fraction of sp³-hybridized carbons (Fsp3) is 0.917. The monoisotopic (exact) mass is 277 g/mol. The van der Waals surface area contributed by atoms with Gasteiger partial charge in [-0.15, -0.1) is 0 Å². The van der Waals surface area contributed by atoms with Gasteiger partial charge in [-0.1, -0.05) is 35.4 Å². The first-order chi connectivity index (χ1) is 8.11. The zero-order chi connectivity index (χ0) is 12.7. The number of rotatable bonds is 7. The van der Waals surface area contributed by atoms with Crippen molar-refractivity contribution in [2.75, 3.05) is 5.75 Å². The standard InChI is InChI=1S/C12H23NO2S2/c1-9(2)7-10(8-12(14)13-15)3-4-11-5-6-16-17-11/h9-11,15H,3-8H2,1-2H3,(H,13,14)/t10-,11?/m1/s1. The zero-order valence-corrected chi connectivity index (χ0v) is 12.3. The molecule has 1 heterocycles. The number of amides is 1. The maximum atomic E-state index is 11.2. The molecule has 0 saturated carbocycles. The van der Waals surface area contributed by atoms with E-state index in [0.29, 0.717) is 18.3 Å². The van der Waals surface area contributed by atoms with Crippen LogP contribution < -0.4 is 5.48 Å². The van der Waals surface area contributed by atoms with Crippen molar-refractivity contribution < 1.29 is 10.0 Å². The average molecular weight is 277 g/mol. The van der Waals surface area contributed by atoms with Gasteiger partial charge in [-0.05, 0) is 37.5 Å². The molecule has 0 aliphatic carbocycles. The second kappa shape index (κ2) is 8.27. The first kappa shape index (κ1) is 15.2. The molecular weight excluding hydrogens is 254 g/mol. The fourth-order valence-electron chi connectivity index (χ4n) is 2.26. The third-order valence-electron chi connectivity index (χ3n) is 3.03. The van der Waals surface area contributed by atoms with Crippen LogP contribution in [-0.2, 0) is 4.79 Å². The van der Waals surface area contributed by atoms with Crippen LogP contribution in [0.15, 0.2) is 0 Å². The molecule has 1 aliphatic heterocycles. The topological polar surface area (TPSA) is 49.3 Å². The molecule has 2 N–H and O–H groups in total. The van der Waals surface area contributed by atoms with Crippen LogP contribution >= 0.6 is 21.6 Å². The van der Waals surface area contributed by atoms with Crippen LogP contribution in [0, 0.1) is 11.8 Å². The Bertz CT molecular complexity index is 231. The van der Waals surface area contributed by atoms with Gasteiger partial charge in [0, 0.05) is 17.4 Å². The second-order valence-corrected chi connectivity index (χ2v) is 7.93. The fourth-order valence-corrected chi connectivity index (χ4v) is 5.26. The van der Waals surface area contributed by atoms with E-state index in [2.05, 4.69) is 13.8 Å². The van der Waals surface area contributed by atoms with E-state index in [1.165, 1.54) is 18.6 Å². The Morgan fingerprint density at radius 3 is 2.82 bits per heavy atom. The molecule has 0 aromatic carbocycles. The van der Waals surface area contributed by atoms with Crippen molar-refractivity contribution >= 4 is 27.5 Å². The maximum absolute atomic E-state index is 11.2. The minimum atomic E-state index is -0.246. The summed E-state index contributed by atoms with van der Waals surface area (Å²) >= 11 is 0. The van der Waals surface area contributed by atoms with Crippen LogP contribution in [0.1, 0.15) is 46.0 Å². The van der Waals surface area contributed by atoms with Gasteiger partial charge in [-0.25, -0.2) is 5.48 Å². The van der Waals surface area contributed by atoms with Crippen LogP contribution in [0.2, 0.25) is 0 Å². The minimum absolute atomic E-state index is 0.246. The molecule has 3 nitrogen and oxygen atoms in total. The van der Waals surface area contributed by atoms with Gasteiger partial charge in [0.25, 0.3) is 0 Å². The molecular formula is C12H23NO2S2. The van der Waals surface area contributed by atoms with Crippen LogP contribution in [0.4, 0.5) is 0 Å². The molecule has 1 saturated heterocycles. The third kappa shape index (κ3) is 6.58.